The largest absolute Gasteiger partial charge is 0.495 e. The Kier molecular flexibility index (Phi) is 6.25. The molecule has 1 amide bonds. The molecule has 7 heteroatoms. The number of Topliss-reactive ketones (excluding diaryl/α,β-unsaturated/α-hetero) is 1. The van der Waals surface area contributed by atoms with Crippen molar-refractivity contribution < 1.29 is 23.8 Å². The third-order valence-corrected chi connectivity index (χ3v) is 3.67. The summed E-state index contributed by atoms with van der Waals surface area (Å²) in [7, 11) is 2.97. The van der Waals surface area contributed by atoms with Gasteiger partial charge in [-0.05, 0) is 37.3 Å². The molecule has 6 nitrogen and oxygen atoms in total. The van der Waals surface area contributed by atoms with Crippen molar-refractivity contribution in [1.82, 2.24) is 0 Å². The molecule has 0 radical (unpaired) electrons. The molecule has 0 bridgehead atoms. The Morgan fingerprint density at radius 1 is 1.04 bits per heavy atom. The van der Waals surface area contributed by atoms with E-state index < -0.39 is 0 Å². The first-order valence-electron chi connectivity index (χ1n) is 7.39. The van der Waals surface area contributed by atoms with Crippen molar-refractivity contribution in [2.45, 2.75) is 6.92 Å². The number of ketones is 1. The molecule has 0 unspecified atom stereocenters. The van der Waals surface area contributed by atoms with E-state index in [2.05, 4.69) is 5.32 Å². The first kappa shape index (κ1) is 18.6. The number of carbonyl (C=O) groups is 2. The molecular formula is C18H18ClNO5. The van der Waals surface area contributed by atoms with Gasteiger partial charge in [0.2, 0.25) is 0 Å². The Morgan fingerprint density at radius 2 is 1.68 bits per heavy atom. The first-order chi connectivity index (χ1) is 11.9. The van der Waals surface area contributed by atoms with Crippen molar-refractivity contribution >= 4 is 29.0 Å². The molecule has 1 N–H and O–H groups in total. The van der Waals surface area contributed by atoms with E-state index in [1.54, 1.807) is 36.4 Å². The number of carbonyl (C=O) groups excluding carboxylic acids is 2. The molecule has 2 aromatic carbocycles. The molecule has 2 aromatic rings. The fourth-order valence-corrected chi connectivity index (χ4v) is 2.32. The summed E-state index contributed by atoms with van der Waals surface area (Å²) in [5, 5.41) is 3.02. The smallest absolute Gasteiger partial charge is 0.262 e. The van der Waals surface area contributed by atoms with E-state index in [4.69, 9.17) is 25.8 Å². The summed E-state index contributed by atoms with van der Waals surface area (Å²) in [6.45, 7) is 1.28. The molecule has 2 rings (SSSR count). The van der Waals surface area contributed by atoms with Gasteiger partial charge in [0.25, 0.3) is 5.91 Å². The van der Waals surface area contributed by atoms with E-state index in [1.807, 2.05) is 0 Å². The van der Waals surface area contributed by atoms with Gasteiger partial charge in [0, 0.05) is 11.6 Å². The van der Waals surface area contributed by atoms with Gasteiger partial charge in [-0.25, -0.2) is 0 Å². The van der Waals surface area contributed by atoms with E-state index >= 15 is 0 Å². The summed E-state index contributed by atoms with van der Waals surface area (Å²) >= 11 is 6.06. The molecule has 0 aliphatic rings. The third-order valence-electron chi connectivity index (χ3n) is 3.38. The summed E-state index contributed by atoms with van der Waals surface area (Å²) in [6.07, 6.45) is 0. The molecule has 25 heavy (non-hydrogen) atoms. The third kappa shape index (κ3) is 4.87. The maximum Gasteiger partial charge on any atom is 0.262 e. The van der Waals surface area contributed by atoms with Gasteiger partial charge in [-0.15, -0.1) is 0 Å². The highest BCUT2D eigenvalue weighted by atomic mass is 35.5. The van der Waals surface area contributed by atoms with Crippen LogP contribution in [0.5, 0.6) is 17.2 Å². The van der Waals surface area contributed by atoms with Crippen molar-refractivity contribution in [3.05, 3.63) is 47.0 Å². The predicted octanol–water partition coefficient (Wildman–Crippen LogP) is 3.58. The summed E-state index contributed by atoms with van der Waals surface area (Å²) in [5.74, 6) is 0.932. The highest BCUT2D eigenvalue weighted by molar-refractivity contribution is 6.32. The maximum absolute atomic E-state index is 12.1. The predicted molar refractivity (Wildman–Crippen MR) is 95.1 cm³/mol. The van der Waals surface area contributed by atoms with Crippen LogP contribution in [-0.4, -0.2) is 32.5 Å². The van der Waals surface area contributed by atoms with Gasteiger partial charge in [0.1, 0.15) is 17.2 Å². The fourth-order valence-electron chi connectivity index (χ4n) is 2.08. The molecule has 0 spiro atoms. The molecule has 0 aliphatic carbocycles. The van der Waals surface area contributed by atoms with E-state index in [0.29, 0.717) is 33.5 Å². The van der Waals surface area contributed by atoms with Gasteiger partial charge in [0.05, 0.1) is 24.9 Å². The monoisotopic (exact) mass is 363 g/mol. The Balaban J connectivity index is 2.00. The second-order valence-corrected chi connectivity index (χ2v) is 5.51. The zero-order chi connectivity index (χ0) is 18.4. The minimum absolute atomic E-state index is 0.0345. The van der Waals surface area contributed by atoms with Gasteiger partial charge >= 0.3 is 0 Å². The lowest BCUT2D eigenvalue weighted by molar-refractivity contribution is -0.118. The van der Waals surface area contributed by atoms with Crippen molar-refractivity contribution in [1.29, 1.82) is 0 Å². The topological polar surface area (TPSA) is 73.9 Å². The van der Waals surface area contributed by atoms with Crippen LogP contribution < -0.4 is 19.5 Å². The van der Waals surface area contributed by atoms with Gasteiger partial charge in [0.15, 0.2) is 12.4 Å². The Hall–Kier alpha value is -2.73. The number of rotatable bonds is 7. The number of methoxy groups -OCH3 is 2. The highest BCUT2D eigenvalue weighted by Crippen LogP contribution is 2.35. The number of halogens is 1. The average molecular weight is 364 g/mol. The Morgan fingerprint density at radius 3 is 2.24 bits per heavy atom. The minimum atomic E-state index is -0.379. The number of nitrogens with one attached hydrogen (secondary N) is 1. The van der Waals surface area contributed by atoms with E-state index in [1.165, 1.54) is 21.1 Å². The quantitative estimate of drug-likeness (QED) is 0.761. The lowest BCUT2D eigenvalue weighted by atomic mass is 10.1. The second-order valence-electron chi connectivity index (χ2n) is 5.10. The number of hydrogen-bond acceptors (Lipinski definition) is 5. The van der Waals surface area contributed by atoms with Crippen LogP contribution in [-0.2, 0) is 4.79 Å². The van der Waals surface area contributed by atoms with Gasteiger partial charge in [-0.1, -0.05) is 11.6 Å². The van der Waals surface area contributed by atoms with Gasteiger partial charge in [-0.3, -0.25) is 9.59 Å². The van der Waals surface area contributed by atoms with Crippen LogP contribution in [0, 0.1) is 0 Å². The highest BCUT2D eigenvalue weighted by Gasteiger charge is 2.13. The summed E-state index contributed by atoms with van der Waals surface area (Å²) in [4.78, 5) is 23.3. The van der Waals surface area contributed by atoms with Crippen LogP contribution >= 0.6 is 11.6 Å². The number of benzene rings is 2. The number of ether oxygens (including phenoxy) is 3. The molecule has 0 fully saturated rings. The molecular weight excluding hydrogens is 346 g/mol. The van der Waals surface area contributed by atoms with Crippen LogP contribution in [0.3, 0.4) is 0 Å². The number of hydrogen-bond donors (Lipinski definition) is 1. The summed E-state index contributed by atoms with van der Waals surface area (Å²) < 4.78 is 15.7. The Bertz CT molecular complexity index is 774. The molecule has 0 aromatic heterocycles. The molecule has 0 saturated carbocycles. The van der Waals surface area contributed by atoms with Gasteiger partial charge < -0.3 is 19.5 Å². The van der Waals surface area contributed by atoms with E-state index in [9.17, 15) is 9.59 Å². The van der Waals surface area contributed by atoms with Crippen molar-refractivity contribution in [3.8, 4) is 17.2 Å². The Labute approximate surface area is 150 Å². The normalized spacial score (nSPS) is 10.1. The molecule has 132 valence electrons. The van der Waals surface area contributed by atoms with Gasteiger partial charge in [-0.2, -0.15) is 0 Å². The number of anilines is 1. The molecule has 0 heterocycles. The lowest BCUT2D eigenvalue weighted by Gasteiger charge is -2.13. The number of amides is 1. The standard InChI is InChI=1S/C18H18ClNO5/c1-11(21)12-4-6-13(7-5-12)25-10-18(22)20-15-8-14(19)16(23-2)9-17(15)24-3/h4-9H,10H2,1-3H3,(H,20,22). The SMILES string of the molecule is COc1cc(OC)c(NC(=O)COc2ccc(C(C)=O)cc2)cc1Cl. The lowest BCUT2D eigenvalue weighted by Crippen LogP contribution is -2.20. The van der Waals surface area contributed by atoms with Crippen LogP contribution in [0.2, 0.25) is 5.02 Å². The van der Waals surface area contributed by atoms with Crippen molar-refractivity contribution in [2.24, 2.45) is 0 Å². The second kappa shape index (κ2) is 8.39. The molecule has 0 saturated heterocycles. The average Bonchev–Trinajstić information content (AvgIpc) is 2.60. The van der Waals surface area contributed by atoms with Crippen LogP contribution in [0.25, 0.3) is 0 Å². The molecule has 0 atom stereocenters. The zero-order valence-corrected chi connectivity index (χ0v) is 14.8. The van der Waals surface area contributed by atoms with Crippen LogP contribution in [0.4, 0.5) is 5.69 Å². The van der Waals surface area contributed by atoms with Crippen molar-refractivity contribution in [2.75, 3.05) is 26.1 Å². The van der Waals surface area contributed by atoms with Crippen molar-refractivity contribution in [3.63, 3.8) is 0 Å². The molecule has 0 aliphatic heterocycles. The van der Waals surface area contributed by atoms with Crippen LogP contribution in [0.1, 0.15) is 17.3 Å². The summed E-state index contributed by atoms with van der Waals surface area (Å²) in [5.41, 5.74) is 0.989. The van der Waals surface area contributed by atoms with Crippen LogP contribution in [0.15, 0.2) is 36.4 Å². The summed E-state index contributed by atoms with van der Waals surface area (Å²) in [6, 6.07) is 9.67. The minimum Gasteiger partial charge on any atom is -0.495 e. The first-order valence-corrected chi connectivity index (χ1v) is 7.77. The maximum atomic E-state index is 12.1. The van der Waals surface area contributed by atoms with E-state index in [-0.39, 0.29) is 18.3 Å². The fraction of sp³-hybridized carbons (Fsp3) is 0.222. The zero-order valence-electron chi connectivity index (χ0n) is 14.1. The van der Waals surface area contributed by atoms with E-state index in [0.717, 1.165) is 0 Å².